The largest absolute Gasteiger partial charge is 0.484 e. The van der Waals surface area contributed by atoms with Gasteiger partial charge in [0.25, 0.3) is 5.91 Å². The molecule has 0 saturated carbocycles. The number of hydrogen-bond acceptors (Lipinski definition) is 3. The fourth-order valence-corrected chi connectivity index (χ4v) is 1.86. The van der Waals surface area contributed by atoms with Crippen molar-refractivity contribution in [3.05, 3.63) is 42.0 Å². The number of rotatable bonds is 4. The molecule has 1 fully saturated rings. The van der Waals surface area contributed by atoms with Crippen LogP contribution < -0.4 is 4.74 Å². The van der Waals surface area contributed by atoms with Gasteiger partial charge in [-0.25, -0.2) is 0 Å². The smallest absolute Gasteiger partial charge is 0.260 e. The lowest BCUT2D eigenvalue weighted by atomic mass is 10.2. The number of benzene rings is 1. The summed E-state index contributed by atoms with van der Waals surface area (Å²) >= 11 is 0. The van der Waals surface area contributed by atoms with Crippen LogP contribution in [0.4, 0.5) is 0 Å². The molecule has 2 rings (SSSR count). The first-order chi connectivity index (χ1) is 8.69. The third-order valence-corrected chi connectivity index (χ3v) is 2.97. The zero-order chi connectivity index (χ0) is 13.0. The number of amides is 1. The third kappa shape index (κ3) is 3.11. The average molecular weight is 247 g/mol. The van der Waals surface area contributed by atoms with Gasteiger partial charge in [0.15, 0.2) is 6.61 Å². The van der Waals surface area contributed by atoms with E-state index in [4.69, 9.17) is 9.84 Å². The van der Waals surface area contributed by atoms with E-state index in [2.05, 4.69) is 6.58 Å². The maximum atomic E-state index is 11.8. The maximum Gasteiger partial charge on any atom is 0.260 e. The van der Waals surface area contributed by atoms with Gasteiger partial charge in [0, 0.05) is 13.1 Å². The first-order valence-corrected chi connectivity index (χ1v) is 5.96. The van der Waals surface area contributed by atoms with E-state index in [1.54, 1.807) is 29.2 Å². The lowest BCUT2D eigenvalue weighted by Gasteiger charge is -2.15. The van der Waals surface area contributed by atoms with E-state index in [-0.39, 0.29) is 19.1 Å². The van der Waals surface area contributed by atoms with Crippen LogP contribution in [0.15, 0.2) is 36.4 Å². The number of hydrogen-bond donors (Lipinski definition) is 1. The molecule has 1 N–H and O–H groups in total. The monoisotopic (exact) mass is 247 g/mol. The molecule has 0 radical (unpaired) electrons. The van der Waals surface area contributed by atoms with Gasteiger partial charge in [0.05, 0.1) is 6.61 Å². The Balaban J connectivity index is 1.83. The zero-order valence-electron chi connectivity index (χ0n) is 10.3. The summed E-state index contributed by atoms with van der Waals surface area (Å²) in [5.41, 5.74) is 1.92. The standard InChI is InChI=1S/C14H17NO3/c1-11-6-7-15(8-11)14(17)10-18-13-4-2-12(9-16)3-5-13/h2-5,16H,1,6-10H2. The Morgan fingerprint density at radius 2 is 2.11 bits per heavy atom. The molecular weight excluding hydrogens is 230 g/mol. The summed E-state index contributed by atoms with van der Waals surface area (Å²) in [6.45, 7) is 5.31. The van der Waals surface area contributed by atoms with Gasteiger partial charge in [-0.1, -0.05) is 24.3 Å². The third-order valence-electron chi connectivity index (χ3n) is 2.97. The second kappa shape index (κ2) is 5.69. The first kappa shape index (κ1) is 12.6. The molecule has 4 heteroatoms. The van der Waals surface area contributed by atoms with Crippen LogP contribution in [0.25, 0.3) is 0 Å². The highest BCUT2D eigenvalue weighted by Gasteiger charge is 2.20. The summed E-state index contributed by atoms with van der Waals surface area (Å²) in [6.07, 6.45) is 0.886. The SMILES string of the molecule is C=C1CCN(C(=O)COc2ccc(CO)cc2)C1. The summed E-state index contributed by atoms with van der Waals surface area (Å²) in [7, 11) is 0. The van der Waals surface area contributed by atoms with Crippen molar-refractivity contribution in [3.8, 4) is 5.75 Å². The van der Waals surface area contributed by atoms with Crippen molar-refractivity contribution in [2.75, 3.05) is 19.7 Å². The molecule has 1 amide bonds. The summed E-state index contributed by atoms with van der Waals surface area (Å²) in [6, 6.07) is 7.05. The minimum Gasteiger partial charge on any atom is -0.484 e. The second-order valence-corrected chi connectivity index (χ2v) is 4.41. The number of carbonyl (C=O) groups excluding carboxylic acids is 1. The van der Waals surface area contributed by atoms with Gasteiger partial charge < -0.3 is 14.7 Å². The van der Waals surface area contributed by atoms with E-state index >= 15 is 0 Å². The fourth-order valence-electron chi connectivity index (χ4n) is 1.86. The van der Waals surface area contributed by atoms with Gasteiger partial charge in [0.1, 0.15) is 5.75 Å². The van der Waals surface area contributed by atoms with Crippen LogP contribution in [0.1, 0.15) is 12.0 Å². The van der Waals surface area contributed by atoms with Crippen molar-refractivity contribution in [2.45, 2.75) is 13.0 Å². The minimum absolute atomic E-state index is 0.00903. The van der Waals surface area contributed by atoms with E-state index in [0.717, 1.165) is 24.1 Å². The normalized spacial score (nSPS) is 14.9. The minimum atomic E-state index is -0.0140. The number of aliphatic hydroxyl groups excluding tert-OH is 1. The van der Waals surface area contributed by atoms with Gasteiger partial charge >= 0.3 is 0 Å². The molecule has 0 unspecified atom stereocenters. The summed E-state index contributed by atoms with van der Waals surface area (Å²) in [5, 5.41) is 8.91. The van der Waals surface area contributed by atoms with Crippen molar-refractivity contribution in [1.29, 1.82) is 0 Å². The maximum absolute atomic E-state index is 11.8. The van der Waals surface area contributed by atoms with Crippen LogP contribution in [0.5, 0.6) is 5.75 Å². The predicted molar refractivity (Wildman–Crippen MR) is 68.2 cm³/mol. The highest BCUT2D eigenvalue weighted by molar-refractivity contribution is 5.78. The molecule has 0 bridgehead atoms. The highest BCUT2D eigenvalue weighted by Crippen LogP contribution is 2.15. The van der Waals surface area contributed by atoms with E-state index < -0.39 is 0 Å². The van der Waals surface area contributed by atoms with Gasteiger partial charge in [-0.3, -0.25) is 4.79 Å². The summed E-state index contributed by atoms with van der Waals surface area (Å²) in [4.78, 5) is 13.6. The number of carbonyl (C=O) groups is 1. The molecule has 1 aromatic rings. The van der Waals surface area contributed by atoms with Crippen molar-refractivity contribution in [1.82, 2.24) is 4.90 Å². The molecule has 0 aliphatic carbocycles. The Bertz CT molecular complexity index is 439. The van der Waals surface area contributed by atoms with Crippen LogP contribution in [0, 0.1) is 0 Å². The molecule has 0 atom stereocenters. The van der Waals surface area contributed by atoms with Gasteiger partial charge in [-0.2, -0.15) is 0 Å². The van der Waals surface area contributed by atoms with Crippen LogP contribution in [-0.4, -0.2) is 35.6 Å². The molecule has 96 valence electrons. The van der Waals surface area contributed by atoms with E-state index in [1.807, 2.05) is 0 Å². The summed E-state index contributed by atoms with van der Waals surface area (Å²) in [5.74, 6) is 0.624. The Morgan fingerprint density at radius 1 is 1.39 bits per heavy atom. The predicted octanol–water partition coefficient (Wildman–Crippen LogP) is 1.35. The van der Waals surface area contributed by atoms with E-state index in [0.29, 0.717) is 12.3 Å². The van der Waals surface area contributed by atoms with Crippen molar-refractivity contribution >= 4 is 5.91 Å². The molecule has 1 aliphatic heterocycles. The average Bonchev–Trinajstić information content (AvgIpc) is 2.83. The molecule has 1 aromatic carbocycles. The molecule has 4 nitrogen and oxygen atoms in total. The van der Waals surface area contributed by atoms with Crippen molar-refractivity contribution in [3.63, 3.8) is 0 Å². The van der Waals surface area contributed by atoms with E-state index in [1.165, 1.54) is 0 Å². The Morgan fingerprint density at radius 3 is 2.67 bits per heavy atom. The molecule has 18 heavy (non-hydrogen) atoms. The van der Waals surface area contributed by atoms with Crippen LogP contribution >= 0.6 is 0 Å². The van der Waals surface area contributed by atoms with Crippen LogP contribution in [-0.2, 0) is 11.4 Å². The Kier molecular flexibility index (Phi) is 3.99. The van der Waals surface area contributed by atoms with Gasteiger partial charge in [-0.05, 0) is 24.1 Å². The van der Waals surface area contributed by atoms with Crippen molar-refractivity contribution < 1.29 is 14.6 Å². The number of ether oxygens (including phenoxy) is 1. The molecular formula is C14H17NO3. The number of nitrogens with zero attached hydrogens (tertiary/aromatic N) is 1. The topological polar surface area (TPSA) is 49.8 Å². The Hall–Kier alpha value is -1.81. The fraction of sp³-hybridized carbons (Fsp3) is 0.357. The quantitative estimate of drug-likeness (QED) is 0.817. The van der Waals surface area contributed by atoms with Crippen molar-refractivity contribution in [2.24, 2.45) is 0 Å². The molecule has 1 saturated heterocycles. The Labute approximate surface area is 106 Å². The lowest BCUT2D eigenvalue weighted by Crippen LogP contribution is -2.32. The van der Waals surface area contributed by atoms with Crippen LogP contribution in [0.3, 0.4) is 0 Å². The lowest BCUT2D eigenvalue weighted by molar-refractivity contribution is -0.132. The van der Waals surface area contributed by atoms with Crippen LogP contribution in [0.2, 0.25) is 0 Å². The molecule has 1 aliphatic rings. The summed E-state index contributed by atoms with van der Waals surface area (Å²) < 4.78 is 5.41. The van der Waals surface area contributed by atoms with E-state index in [9.17, 15) is 4.79 Å². The number of aliphatic hydroxyl groups is 1. The molecule has 1 heterocycles. The second-order valence-electron chi connectivity index (χ2n) is 4.41. The molecule has 0 aromatic heterocycles. The number of likely N-dealkylation sites (tertiary alicyclic amines) is 1. The van der Waals surface area contributed by atoms with Gasteiger partial charge in [-0.15, -0.1) is 0 Å². The zero-order valence-corrected chi connectivity index (χ0v) is 10.3. The molecule has 0 spiro atoms. The first-order valence-electron chi connectivity index (χ1n) is 5.96. The highest BCUT2D eigenvalue weighted by atomic mass is 16.5. The van der Waals surface area contributed by atoms with Gasteiger partial charge in [0.2, 0.25) is 0 Å².